The number of amides is 2. The molecule has 47 heavy (non-hydrogen) atoms. The maximum atomic E-state index is 15.6. The first kappa shape index (κ1) is 34.2. The molecule has 1 aliphatic carbocycles. The van der Waals surface area contributed by atoms with E-state index in [0.717, 1.165) is 49.2 Å². The minimum Gasteiger partial charge on any atom is -0.329 e. The largest absolute Gasteiger partial charge is 0.493 e. The number of hydrogen-bond acceptors (Lipinski definition) is 9. The number of benzene rings is 1. The van der Waals surface area contributed by atoms with Crippen LogP contribution in [0, 0.1) is 17.1 Å². The number of hydrogen-bond donors (Lipinski definition) is 1. The summed E-state index contributed by atoms with van der Waals surface area (Å²) in [5, 5.41) is 9.26. The molecule has 1 aromatic heterocycles. The number of halogens is 7. The average Bonchev–Trinajstić information content (AvgIpc) is 3.58. The maximum absolute atomic E-state index is 15.6. The van der Waals surface area contributed by atoms with Gasteiger partial charge in [-0.25, -0.2) is 14.2 Å². The Hall–Kier alpha value is -4.11. The third kappa shape index (κ3) is 6.55. The van der Waals surface area contributed by atoms with Gasteiger partial charge in [0.1, 0.15) is 17.4 Å². The molecular weight excluding hydrogens is 661 g/mol. The molecule has 1 spiro atoms. The molecule has 10 nitrogen and oxygen atoms in total. The van der Waals surface area contributed by atoms with Gasteiger partial charge in [-0.1, -0.05) is 0 Å². The number of alkyl halides is 6. The molecule has 0 bridgehead atoms. The Morgan fingerprint density at radius 2 is 1.77 bits per heavy atom. The Morgan fingerprint density at radius 1 is 1.09 bits per heavy atom. The quantitative estimate of drug-likeness (QED) is 0.245. The molecule has 2 saturated heterocycles. The standard InChI is InChI=1S/C29H27F7N6O4S/c30-21-14-17(5-6-19(21)23(43)40(46-25(45)29(34,35)36)12-4-11-39-9-1-2-10-39)42-26(47)41(24(44)27(42)7-3-8-27)18-13-20(28(31,32)33)22(15-37)38-16-18/h5-6,13-14,16,26,47H,1-4,7-12H2. The highest BCUT2D eigenvalue weighted by molar-refractivity contribution is 7.81. The zero-order valence-electron chi connectivity index (χ0n) is 24.4. The minimum absolute atomic E-state index is 0.000110. The van der Waals surface area contributed by atoms with Crippen LogP contribution in [0.2, 0.25) is 0 Å². The predicted molar refractivity (Wildman–Crippen MR) is 153 cm³/mol. The molecule has 2 aromatic rings. The number of rotatable bonds is 7. The summed E-state index contributed by atoms with van der Waals surface area (Å²) < 4.78 is 95.5. The van der Waals surface area contributed by atoms with Crippen molar-refractivity contribution in [2.75, 3.05) is 36.0 Å². The normalized spacial score (nSPS) is 19.6. The lowest BCUT2D eigenvalue weighted by Gasteiger charge is -2.44. The van der Waals surface area contributed by atoms with Gasteiger partial charge in [0.2, 0.25) is 0 Å². The van der Waals surface area contributed by atoms with Crippen molar-refractivity contribution in [3.8, 4) is 6.07 Å². The lowest BCUT2D eigenvalue weighted by atomic mass is 9.75. The summed E-state index contributed by atoms with van der Waals surface area (Å²) in [6.45, 7) is 1.48. The van der Waals surface area contributed by atoms with Gasteiger partial charge in [0.25, 0.3) is 11.8 Å². The van der Waals surface area contributed by atoms with E-state index in [-0.39, 0.29) is 35.7 Å². The van der Waals surface area contributed by atoms with Gasteiger partial charge in [0, 0.05) is 5.69 Å². The monoisotopic (exact) mass is 688 g/mol. The van der Waals surface area contributed by atoms with E-state index in [1.807, 2.05) is 4.90 Å². The van der Waals surface area contributed by atoms with E-state index in [0.29, 0.717) is 19.0 Å². The van der Waals surface area contributed by atoms with Crippen LogP contribution in [-0.2, 0) is 20.6 Å². The van der Waals surface area contributed by atoms with Gasteiger partial charge in [0.15, 0.2) is 11.2 Å². The Kier molecular flexibility index (Phi) is 9.34. The van der Waals surface area contributed by atoms with E-state index >= 15 is 4.39 Å². The Labute approximate surface area is 269 Å². The number of hydroxylamine groups is 2. The third-order valence-electron chi connectivity index (χ3n) is 8.43. The lowest BCUT2D eigenvalue weighted by molar-refractivity contribution is -0.228. The van der Waals surface area contributed by atoms with Crippen LogP contribution in [0.5, 0.6) is 0 Å². The van der Waals surface area contributed by atoms with Crippen molar-refractivity contribution < 1.29 is 50.0 Å². The Bertz CT molecular complexity index is 1600. The minimum atomic E-state index is -5.42. The van der Waals surface area contributed by atoms with E-state index in [2.05, 4.69) is 22.5 Å². The number of pyridine rings is 1. The fraction of sp³-hybridized carbons (Fsp3) is 0.483. The smallest absolute Gasteiger partial charge is 0.329 e. The van der Waals surface area contributed by atoms with Gasteiger partial charge >= 0.3 is 18.3 Å². The van der Waals surface area contributed by atoms with E-state index in [1.165, 1.54) is 17.0 Å². The Morgan fingerprint density at radius 3 is 2.32 bits per heavy atom. The molecule has 1 unspecified atom stereocenters. The Balaban J connectivity index is 1.43. The molecule has 1 saturated carbocycles. The zero-order chi connectivity index (χ0) is 34.3. The number of nitrogens with zero attached hydrogens (tertiary/aromatic N) is 6. The first-order valence-electron chi connectivity index (χ1n) is 14.5. The third-order valence-corrected chi connectivity index (χ3v) is 8.89. The lowest BCUT2D eigenvalue weighted by Crippen LogP contribution is -2.55. The average molecular weight is 689 g/mol. The molecule has 252 valence electrons. The predicted octanol–water partition coefficient (Wildman–Crippen LogP) is 5.05. The molecule has 1 atom stereocenters. The molecule has 0 N–H and O–H groups in total. The van der Waals surface area contributed by atoms with Crippen LogP contribution in [0.15, 0.2) is 30.5 Å². The van der Waals surface area contributed by atoms with Gasteiger partial charge in [0.05, 0.1) is 29.6 Å². The van der Waals surface area contributed by atoms with Crippen LogP contribution in [0.1, 0.15) is 60.1 Å². The second-order valence-electron chi connectivity index (χ2n) is 11.3. The molecule has 3 fully saturated rings. The van der Waals surface area contributed by atoms with E-state index in [4.69, 9.17) is 5.26 Å². The number of thiol groups is 1. The van der Waals surface area contributed by atoms with Crippen molar-refractivity contribution in [1.29, 1.82) is 5.26 Å². The van der Waals surface area contributed by atoms with Crippen molar-refractivity contribution in [3.05, 3.63) is 53.1 Å². The van der Waals surface area contributed by atoms with Crippen LogP contribution in [0.4, 0.5) is 42.1 Å². The van der Waals surface area contributed by atoms with E-state index in [9.17, 15) is 40.7 Å². The number of anilines is 2. The summed E-state index contributed by atoms with van der Waals surface area (Å²) >= 11 is 4.49. The summed E-state index contributed by atoms with van der Waals surface area (Å²) in [7, 11) is 0. The van der Waals surface area contributed by atoms with Crippen LogP contribution in [0.25, 0.3) is 0 Å². The van der Waals surface area contributed by atoms with Crippen molar-refractivity contribution >= 4 is 41.8 Å². The van der Waals surface area contributed by atoms with Crippen molar-refractivity contribution in [2.24, 2.45) is 0 Å². The van der Waals surface area contributed by atoms with E-state index in [1.54, 1.807) is 0 Å². The molecule has 0 radical (unpaired) electrons. The summed E-state index contributed by atoms with van der Waals surface area (Å²) in [6.07, 6.45) is -6.43. The van der Waals surface area contributed by atoms with Gasteiger partial charge in [-0.15, -0.1) is 12.6 Å². The summed E-state index contributed by atoms with van der Waals surface area (Å²) in [5.74, 6) is -5.88. The number of likely N-dealkylation sites (tertiary alicyclic amines) is 1. The van der Waals surface area contributed by atoms with E-state index < -0.39 is 70.4 Å². The van der Waals surface area contributed by atoms with Crippen LogP contribution in [-0.4, -0.2) is 76.1 Å². The molecule has 2 aliphatic heterocycles. The zero-order valence-corrected chi connectivity index (χ0v) is 25.3. The number of aromatic nitrogens is 1. The number of carbonyl (C=O) groups excluding carboxylic acids is 3. The molecule has 1 aromatic carbocycles. The van der Waals surface area contributed by atoms with Crippen LogP contribution >= 0.6 is 12.6 Å². The fourth-order valence-electron chi connectivity index (χ4n) is 6.00. The molecule has 18 heteroatoms. The van der Waals surface area contributed by atoms with Gasteiger partial charge in [-0.05, 0) is 82.4 Å². The van der Waals surface area contributed by atoms with Crippen LogP contribution < -0.4 is 9.80 Å². The van der Waals surface area contributed by atoms with Gasteiger partial charge in [-0.3, -0.25) is 14.5 Å². The fourth-order valence-corrected chi connectivity index (χ4v) is 6.60. The SMILES string of the molecule is N#Cc1ncc(N2C(=O)C3(CCC3)N(c3ccc(C(=O)N(CCCN4CCCC4)OC(=O)C(F)(F)F)c(F)c3)C2S)cc1C(F)(F)F. The highest BCUT2D eigenvalue weighted by Gasteiger charge is 2.60. The first-order valence-corrected chi connectivity index (χ1v) is 15.0. The van der Waals surface area contributed by atoms with Crippen molar-refractivity contribution in [2.45, 2.75) is 61.9 Å². The van der Waals surface area contributed by atoms with Crippen LogP contribution in [0.3, 0.4) is 0 Å². The first-order chi connectivity index (χ1) is 22.1. The van der Waals surface area contributed by atoms with Crippen molar-refractivity contribution in [1.82, 2.24) is 14.9 Å². The molecule has 5 rings (SSSR count). The molecule has 3 heterocycles. The molecule has 3 aliphatic rings. The maximum Gasteiger partial charge on any atom is 0.493 e. The summed E-state index contributed by atoms with van der Waals surface area (Å²) in [4.78, 5) is 50.8. The summed E-state index contributed by atoms with van der Waals surface area (Å²) in [5.41, 5.74) is -5.91. The topological polar surface area (TPSA) is 110 Å². The van der Waals surface area contributed by atoms with Gasteiger partial charge in [-0.2, -0.15) is 36.7 Å². The van der Waals surface area contributed by atoms with Gasteiger partial charge < -0.3 is 14.6 Å². The highest BCUT2D eigenvalue weighted by atomic mass is 32.1. The highest BCUT2D eigenvalue weighted by Crippen LogP contribution is 2.50. The summed E-state index contributed by atoms with van der Waals surface area (Å²) in [6, 6.07) is 4.97. The number of nitriles is 1. The second kappa shape index (κ2) is 12.8. The number of carbonyl (C=O) groups is 3. The molecule has 2 amide bonds. The van der Waals surface area contributed by atoms with Crippen molar-refractivity contribution in [3.63, 3.8) is 0 Å². The molecular formula is C29H27F7N6O4S. The second-order valence-corrected chi connectivity index (χ2v) is 11.8.